The van der Waals surface area contributed by atoms with Gasteiger partial charge in [0.25, 0.3) is 5.91 Å². The third-order valence-electron chi connectivity index (χ3n) is 3.79. The van der Waals surface area contributed by atoms with Crippen molar-refractivity contribution in [1.29, 1.82) is 0 Å². The fraction of sp³-hybridized carbons (Fsp3) is 0.100. The van der Waals surface area contributed by atoms with Crippen LogP contribution in [0.1, 0.15) is 0 Å². The van der Waals surface area contributed by atoms with Crippen LogP contribution in [0.4, 0.5) is 10.8 Å². The number of carbonyl (C=O) groups is 1. The average molecular weight is 383 g/mol. The summed E-state index contributed by atoms with van der Waals surface area (Å²) in [5.74, 6) is 0.582. The normalized spacial score (nSPS) is 10.4. The highest BCUT2D eigenvalue weighted by atomic mass is 32.2. The summed E-state index contributed by atoms with van der Waals surface area (Å²) in [5, 5.41) is 2.55. The summed E-state index contributed by atoms with van der Waals surface area (Å²) in [6, 6.07) is 15.5. The molecule has 4 nitrogen and oxygen atoms in total. The van der Waals surface area contributed by atoms with Crippen molar-refractivity contribution in [3.63, 3.8) is 0 Å². The van der Waals surface area contributed by atoms with E-state index in [1.165, 1.54) is 17.4 Å². The lowest BCUT2D eigenvalue weighted by molar-refractivity contribution is -0.113. The maximum atomic E-state index is 12.4. The minimum absolute atomic E-state index is 0.211. The van der Waals surface area contributed by atoms with E-state index in [9.17, 15) is 4.79 Å². The molecule has 0 unspecified atom stereocenters. The minimum atomic E-state index is -0.211. The van der Waals surface area contributed by atoms with Crippen LogP contribution in [0.25, 0.3) is 11.3 Å². The number of methoxy groups -OCH3 is 1. The lowest BCUT2D eigenvalue weighted by Crippen LogP contribution is -2.23. The van der Waals surface area contributed by atoms with E-state index >= 15 is 0 Å². The third kappa shape index (κ3) is 3.81. The Morgan fingerprint density at radius 1 is 1.19 bits per heavy atom. The van der Waals surface area contributed by atoms with Crippen molar-refractivity contribution in [2.24, 2.45) is 0 Å². The van der Waals surface area contributed by atoms with E-state index in [-0.39, 0.29) is 5.91 Å². The third-order valence-corrected chi connectivity index (χ3v) is 5.36. The predicted molar refractivity (Wildman–Crippen MR) is 110 cm³/mol. The fourth-order valence-electron chi connectivity index (χ4n) is 2.42. The molecule has 0 N–H and O–H groups in total. The number of hydrogen-bond acceptors (Lipinski definition) is 5. The molecule has 3 rings (SSSR count). The van der Waals surface area contributed by atoms with Gasteiger partial charge >= 0.3 is 0 Å². The lowest BCUT2D eigenvalue weighted by atomic mass is 10.2. The molecule has 0 aliphatic rings. The zero-order valence-corrected chi connectivity index (χ0v) is 16.1. The lowest BCUT2D eigenvalue weighted by Gasteiger charge is -2.18. The van der Waals surface area contributed by atoms with Crippen molar-refractivity contribution in [1.82, 2.24) is 4.98 Å². The van der Waals surface area contributed by atoms with Crippen LogP contribution in [0.15, 0.2) is 71.5 Å². The molecule has 6 heteroatoms. The van der Waals surface area contributed by atoms with E-state index < -0.39 is 0 Å². The number of rotatable bonds is 6. The van der Waals surface area contributed by atoms with Crippen molar-refractivity contribution in [2.45, 2.75) is 4.90 Å². The molecule has 0 fully saturated rings. The fourth-order valence-corrected chi connectivity index (χ4v) is 3.68. The Bertz CT molecular complexity index is 902. The second-order valence-corrected chi connectivity index (χ2v) is 7.04. The highest BCUT2D eigenvalue weighted by Crippen LogP contribution is 2.33. The zero-order chi connectivity index (χ0) is 18.5. The zero-order valence-electron chi connectivity index (χ0n) is 14.5. The molecule has 26 heavy (non-hydrogen) atoms. The van der Waals surface area contributed by atoms with Crippen LogP contribution >= 0.6 is 23.1 Å². The Hall–Kier alpha value is -2.57. The second-order valence-electron chi connectivity index (χ2n) is 5.32. The van der Waals surface area contributed by atoms with E-state index in [4.69, 9.17) is 4.74 Å². The Kier molecular flexibility index (Phi) is 5.75. The van der Waals surface area contributed by atoms with Crippen LogP contribution in [0.2, 0.25) is 0 Å². The molecule has 0 saturated heterocycles. The molecule has 1 aromatic heterocycles. The van der Waals surface area contributed by atoms with Crippen LogP contribution in [-0.2, 0) is 4.79 Å². The van der Waals surface area contributed by atoms with Gasteiger partial charge in [0.1, 0.15) is 5.75 Å². The molecule has 0 saturated carbocycles. The molecule has 132 valence electrons. The molecular weight excluding hydrogens is 364 g/mol. The summed E-state index contributed by atoms with van der Waals surface area (Å²) in [6.07, 6.45) is 3.32. The Labute approximate surface area is 161 Å². The van der Waals surface area contributed by atoms with E-state index in [2.05, 4.69) is 11.6 Å². The number of amides is 1. The Morgan fingerprint density at radius 3 is 2.46 bits per heavy atom. The number of thiazole rings is 1. The molecule has 3 aromatic rings. The number of anilines is 2. The van der Waals surface area contributed by atoms with Crippen LogP contribution < -0.4 is 9.64 Å². The maximum Gasteiger partial charge on any atom is 0.256 e. The first-order valence-corrected chi connectivity index (χ1v) is 9.97. The summed E-state index contributed by atoms with van der Waals surface area (Å²) < 4.78 is 5.19. The number of ether oxygens (including phenoxy) is 1. The van der Waals surface area contributed by atoms with E-state index in [1.54, 1.807) is 23.8 Å². The number of hydrogen-bond donors (Lipinski definition) is 0. The van der Waals surface area contributed by atoms with Crippen LogP contribution in [0.3, 0.4) is 0 Å². The summed E-state index contributed by atoms with van der Waals surface area (Å²) in [6.45, 7) is 3.62. The van der Waals surface area contributed by atoms with Crippen LogP contribution in [0.5, 0.6) is 5.75 Å². The van der Waals surface area contributed by atoms with E-state index in [0.717, 1.165) is 27.6 Å². The van der Waals surface area contributed by atoms with Crippen molar-refractivity contribution < 1.29 is 9.53 Å². The predicted octanol–water partition coefficient (Wildman–Crippen LogP) is 5.39. The number of thioether (sulfide) groups is 1. The van der Waals surface area contributed by atoms with Gasteiger partial charge in [0.15, 0.2) is 5.13 Å². The monoisotopic (exact) mass is 382 g/mol. The molecule has 1 heterocycles. The van der Waals surface area contributed by atoms with Gasteiger partial charge < -0.3 is 4.74 Å². The van der Waals surface area contributed by atoms with Gasteiger partial charge in [-0.1, -0.05) is 6.58 Å². The molecule has 0 radical (unpaired) electrons. The summed E-state index contributed by atoms with van der Waals surface area (Å²) in [5.41, 5.74) is 2.55. The first kappa shape index (κ1) is 18.2. The molecule has 2 aromatic carbocycles. The highest BCUT2D eigenvalue weighted by molar-refractivity contribution is 7.98. The Balaban J connectivity index is 1.95. The number of aromatic nitrogens is 1. The second kappa shape index (κ2) is 8.21. The summed E-state index contributed by atoms with van der Waals surface area (Å²) in [4.78, 5) is 19.8. The van der Waals surface area contributed by atoms with E-state index in [1.807, 2.05) is 60.2 Å². The highest BCUT2D eigenvalue weighted by Gasteiger charge is 2.19. The molecule has 0 bridgehead atoms. The van der Waals surface area contributed by atoms with Gasteiger partial charge in [0.05, 0.1) is 18.5 Å². The van der Waals surface area contributed by atoms with Crippen LogP contribution in [0, 0.1) is 0 Å². The number of nitrogens with zero attached hydrogens (tertiary/aromatic N) is 2. The van der Waals surface area contributed by atoms with Crippen LogP contribution in [-0.4, -0.2) is 24.3 Å². The van der Waals surface area contributed by atoms with Gasteiger partial charge in [0, 0.05) is 15.8 Å². The molecule has 0 aliphatic heterocycles. The topological polar surface area (TPSA) is 42.4 Å². The minimum Gasteiger partial charge on any atom is -0.497 e. The summed E-state index contributed by atoms with van der Waals surface area (Å²) in [7, 11) is 1.64. The van der Waals surface area contributed by atoms with E-state index in [0.29, 0.717) is 5.13 Å². The molecule has 0 atom stereocenters. The molecule has 0 spiro atoms. The molecular formula is C20H18N2O2S2. The first-order chi connectivity index (χ1) is 12.7. The molecule has 0 aliphatic carbocycles. The first-order valence-electron chi connectivity index (χ1n) is 7.87. The summed E-state index contributed by atoms with van der Waals surface area (Å²) >= 11 is 3.08. The largest absolute Gasteiger partial charge is 0.497 e. The molecule has 1 amide bonds. The SMILES string of the molecule is C=CC(=O)N(c1ccc(SC)cc1)c1nc(-c2ccc(OC)cc2)cs1. The van der Waals surface area contributed by atoms with Gasteiger partial charge in [0.2, 0.25) is 0 Å². The smallest absolute Gasteiger partial charge is 0.256 e. The quantitative estimate of drug-likeness (QED) is 0.423. The standard InChI is InChI=1S/C20H18N2O2S2/c1-4-19(23)22(15-7-11-17(25-3)12-8-15)20-21-18(13-26-20)14-5-9-16(24-2)10-6-14/h4-13H,1H2,2-3H3. The van der Waals surface area contributed by atoms with Crippen molar-refractivity contribution in [3.8, 4) is 17.0 Å². The number of carbonyl (C=O) groups excluding carboxylic acids is 1. The Morgan fingerprint density at radius 2 is 1.88 bits per heavy atom. The number of benzene rings is 2. The van der Waals surface area contributed by atoms with Gasteiger partial charge in [-0.05, 0) is 60.9 Å². The van der Waals surface area contributed by atoms with Crippen molar-refractivity contribution >= 4 is 39.8 Å². The van der Waals surface area contributed by atoms with Gasteiger partial charge in [-0.15, -0.1) is 23.1 Å². The van der Waals surface area contributed by atoms with Gasteiger partial charge in [-0.25, -0.2) is 4.98 Å². The van der Waals surface area contributed by atoms with Crippen molar-refractivity contribution in [2.75, 3.05) is 18.3 Å². The van der Waals surface area contributed by atoms with Gasteiger partial charge in [-0.2, -0.15) is 0 Å². The van der Waals surface area contributed by atoms with Crippen molar-refractivity contribution in [3.05, 3.63) is 66.6 Å². The maximum absolute atomic E-state index is 12.4. The average Bonchev–Trinajstić information content (AvgIpc) is 3.18. The van der Waals surface area contributed by atoms with Gasteiger partial charge in [-0.3, -0.25) is 9.69 Å².